The zero-order valence-electron chi connectivity index (χ0n) is 9.63. The molecular weight excluding hydrogens is 212 g/mol. The third-order valence-corrected chi connectivity index (χ3v) is 2.51. The predicted octanol–water partition coefficient (Wildman–Crippen LogP) is 0.996. The van der Waals surface area contributed by atoms with Crippen molar-refractivity contribution in [3.8, 4) is 0 Å². The Kier molecular flexibility index (Phi) is 5.08. The molecule has 1 rings (SSSR count). The number of nitrogens with one attached hydrogen (secondary N) is 1. The van der Waals surface area contributed by atoms with Crippen molar-refractivity contribution in [2.45, 2.75) is 13.5 Å². The molecule has 0 atom stereocenters. The van der Waals surface area contributed by atoms with Crippen molar-refractivity contribution < 1.29 is 0 Å². The van der Waals surface area contributed by atoms with Gasteiger partial charge in [-0.05, 0) is 21.0 Å². The summed E-state index contributed by atoms with van der Waals surface area (Å²) in [6.07, 6.45) is 1.87. The van der Waals surface area contributed by atoms with Gasteiger partial charge in [-0.25, -0.2) is 0 Å². The Morgan fingerprint density at radius 1 is 1.47 bits per heavy atom. The third kappa shape index (κ3) is 4.64. The number of halogens is 1. The molecule has 0 saturated carbocycles. The molecule has 0 bridgehead atoms. The summed E-state index contributed by atoms with van der Waals surface area (Å²) in [4.78, 5) is 2.15. The lowest BCUT2D eigenvalue weighted by molar-refractivity contribution is 0.396. The summed E-state index contributed by atoms with van der Waals surface area (Å²) in [5.41, 5.74) is 0.893. The lowest BCUT2D eigenvalue weighted by Crippen LogP contribution is -2.29. The van der Waals surface area contributed by atoms with Gasteiger partial charge < -0.3 is 10.2 Å². The van der Waals surface area contributed by atoms with Gasteiger partial charge in [0.05, 0.1) is 17.3 Å². The van der Waals surface area contributed by atoms with Gasteiger partial charge in [-0.2, -0.15) is 5.10 Å². The van der Waals surface area contributed by atoms with Crippen molar-refractivity contribution in [2.75, 3.05) is 33.7 Å². The van der Waals surface area contributed by atoms with Gasteiger partial charge >= 0.3 is 0 Å². The Bertz CT molecular complexity index is 276. The van der Waals surface area contributed by atoms with E-state index in [0.717, 1.165) is 36.9 Å². The standard InChI is InChI=1S/C10H19ClN4/c1-9-10(11)8-15(13-9)7-5-12-4-6-14(2)3/h8,12H,4-7H2,1-3H3. The summed E-state index contributed by atoms with van der Waals surface area (Å²) in [6, 6.07) is 0. The topological polar surface area (TPSA) is 33.1 Å². The van der Waals surface area contributed by atoms with Crippen LogP contribution in [0.4, 0.5) is 0 Å². The first kappa shape index (κ1) is 12.5. The van der Waals surface area contributed by atoms with E-state index in [1.807, 2.05) is 17.8 Å². The molecule has 5 heteroatoms. The fourth-order valence-electron chi connectivity index (χ4n) is 1.23. The highest BCUT2D eigenvalue weighted by atomic mass is 35.5. The van der Waals surface area contributed by atoms with Crippen molar-refractivity contribution in [3.05, 3.63) is 16.9 Å². The number of hydrogen-bond acceptors (Lipinski definition) is 3. The highest BCUT2D eigenvalue weighted by Crippen LogP contribution is 2.11. The van der Waals surface area contributed by atoms with Gasteiger partial charge in [0.1, 0.15) is 0 Å². The van der Waals surface area contributed by atoms with E-state index in [1.54, 1.807) is 0 Å². The number of aromatic nitrogens is 2. The zero-order valence-corrected chi connectivity index (χ0v) is 10.4. The molecule has 1 aromatic heterocycles. The van der Waals surface area contributed by atoms with Crippen LogP contribution in [0.1, 0.15) is 5.69 Å². The third-order valence-electron chi connectivity index (χ3n) is 2.14. The summed E-state index contributed by atoms with van der Waals surface area (Å²) in [6.45, 7) is 5.75. The second-order valence-electron chi connectivity index (χ2n) is 3.88. The molecule has 0 fully saturated rings. The number of hydrogen-bond donors (Lipinski definition) is 1. The van der Waals surface area contributed by atoms with E-state index in [9.17, 15) is 0 Å². The Hall–Kier alpha value is -0.580. The van der Waals surface area contributed by atoms with Crippen LogP contribution >= 0.6 is 11.6 Å². The molecule has 0 spiro atoms. The highest BCUT2D eigenvalue weighted by Gasteiger charge is 2.00. The van der Waals surface area contributed by atoms with Crippen molar-refractivity contribution in [1.82, 2.24) is 20.0 Å². The summed E-state index contributed by atoms with van der Waals surface area (Å²) in [5.74, 6) is 0. The molecular formula is C10H19ClN4. The first-order valence-corrected chi connectivity index (χ1v) is 5.52. The van der Waals surface area contributed by atoms with Gasteiger partial charge in [-0.1, -0.05) is 11.6 Å². The molecule has 0 aliphatic rings. The minimum atomic E-state index is 0.739. The molecule has 15 heavy (non-hydrogen) atoms. The van der Waals surface area contributed by atoms with E-state index in [0.29, 0.717) is 0 Å². The van der Waals surface area contributed by atoms with E-state index < -0.39 is 0 Å². The Morgan fingerprint density at radius 3 is 2.73 bits per heavy atom. The second-order valence-corrected chi connectivity index (χ2v) is 4.29. The van der Waals surface area contributed by atoms with Crippen LogP contribution < -0.4 is 5.32 Å². The quantitative estimate of drug-likeness (QED) is 0.741. The smallest absolute Gasteiger partial charge is 0.0814 e. The van der Waals surface area contributed by atoms with E-state index in [2.05, 4.69) is 29.4 Å². The molecule has 0 saturated heterocycles. The molecule has 0 amide bonds. The lowest BCUT2D eigenvalue weighted by Gasteiger charge is -2.10. The predicted molar refractivity (Wildman–Crippen MR) is 63.4 cm³/mol. The normalized spacial score (nSPS) is 11.3. The van der Waals surface area contributed by atoms with Crippen LogP contribution in [-0.4, -0.2) is 48.4 Å². The molecule has 1 N–H and O–H groups in total. The summed E-state index contributed by atoms with van der Waals surface area (Å²) >= 11 is 5.90. The van der Waals surface area contributed by atoms with Crippen LogP contribution in [0.2, 0.25) is 5.02 Å². The Morgan fingerprint density at radius 2 is 2.20 bits per heavy atom. The van der Waals surface area contributed by atoms with E-state index in [-0.39, 0.29) is 0 Å². The van der Waals surface area contributed by atoms with Crippen LogP contribution in [-0.2, 0) is 6.54 Å². The summed E-state index contributed by atoms with van der Waals surface area (Å²) in [5, 5.41) is 8.36. The zero-order chi connectivity index (χ0) is 11.3. The minimum absolute atomic E-state index is 0.739. The molecule has 0 radical (unpaired) electrons. The number of nitrogens with zero attached hydrogens (tertiary/aromatic N) is 3. The van der Waals surface area contributed by atoms with Crippen molar-refractivity contribution in [3.63, 3.8) is 0 Å². The second kappa shape index (κ2) is 6.10. The largest absolute Gasteiger partial charge is 0.314 e. The summed E-state index contributed by atoms with van der Waals surface area (Å²) < 4.78 is 1.88. The van der Waals surface area contributed by atoms with Gasteiger partial charge in [0, 0.05) is 25.8 Å². The van der Waals surface area contributed by atoms with Crippen LogP contribution in [0.15, 0.2) is 6.20 Å². The number of likely N-dealkylation sites (N-methyl/N-ethyl adjacent to an activating group) is 1. The molecule has 0 aliphatic carbocycles. The summed E-state index contributed by atoms with van der Waals surface area (Å²) in [7, 11) is 4.14. The van der Waals surface area contributed by atoms with Gasteiger partial charge in [0.25, 0.3) is 0 Å². The van der Waals surface area contributed by atoms with Crippen LogP contribution in [0.25, 0.3) is 0 Å². The molecule has 0 aromatic carbocycles. The van der Waals surface area contributed by atoms with Crippen molar-refractivity contribution >= 4 is 11.6 Å². The maximum absolute atomic E-state index is 5.90. The monoisotopic (exact) mass is 230 g/mol. The van der Waals surface area contributed by atoms with E-state index >= 15 is 0 Å². The maximum Gasteiger partial charge on any atom is 0.0814 e. The maximum atomic E-state index is 5.90. The lowest BCUT2D eigenvalue weighted by atomic mass is 10.5. The Balaban J connectivity index is 2.15. The molecule has 1 aromatic rings. The van der Waals surface area contributed by atoms with E-state index in [4.69, 9.17) is 11.6 Å². The Labute approximate surface area is 96.2 Å². The fraction of sp³-hybridized carbons (Fsp3) is 0.700. The molecule has 0 unspecified atom stereocenters. The van der Waals surface area contributed by atoms with Crippen molar-refractivity contribution in [1.29, 1.82) is 0 Å². The van der Waals surface area contributed by atoms with Gasteiger partial charge in [-0.15, -0.1) is 0 Å². The number of rotatable bonds is 6. The SMILES string of the molecule is Cc1nn(CCNCCN(C)C)cc1Cl. The molecule has 86 valence electrons. The van der Waals surface area contributed by atoms with Gasteiger partial charge in [-0.3, -0.25) is 4.68 Å². The fourth-order valence-corrected chi connectivity index (χ4v) is 1.38. The average molecular weight is 231 g/mol. The van der Waals surface area contributed by atoms with Gasteiger partial charge in [0.15, 0.2) is 0 Å². The van der Waals surface area contributed by atoms with Gasteiger partial charge in [0.2, 0.25) is 0 Å². The average Bonchev–Trinajstić information content (AvgIpc) is 2.45. The molecule has 1 heterocycles. The van der Waals surface area contributed by atoms with Crippen LogP contribution in [0.3, 0.4) is 0 Å². The van der Waals surface area contributed by atoms with Crippen LogP contribution in [0.5, 0.6) is 0 Å². The van der Waals surface area contributed by atoms with E-state index in [1.165, 1.54) is 0 Å². The first-order valence-electron chi connectivity index (χ1n) is 5.14. The molecule has 4 nitrogen and oxygen atoms in total. The van der Waals surface area contributed by atoms with Crippen LogP contribution in [0, 0.1) is 6.92 Å². The minimum Gasteiger partial charge on any atom is -0.314 e. The molecule has 0 aliphatic heterocycles. The number of aryl methyl sites for hydroxylation is 1. The first-order chi connectivity index (χ1) is 7.09. The highest BCUT2D eigenvalue weighted by molar-refractivity contribution is 6.31. The van der Waals surface area contributed by atoms with Crippen molar-refractivity contribution in [2.24, 2.45) is 0 Å².